The van der Waals surface area contributed by atoms with E-state index < -0.39 is 5.97 Å². The maximum Gasteiger partial charge on any atom is 1.00 e. The molecule has 0 aliphatic carbocycles. The molecule has 0 bridgehead atoms. The van der Waals surface area contributed by atoms with Crippen LogP contribution in [0.15, 0.2) is 84.9 Å². The number of carbonyl (C=O) groups excluding carboxylic acids is 2. The minimum Gasteiger partial charge on any atom is -0.545 e. The van der Waals surface area contributed by atoms with Crippen LogP contribution >= 0.6 is 0 Å². The number of amides is 1. The Morgan fingerprint density at radius 2 is 1.08 bits per heavy atom. The van der Waals surface area contributed by atoms with Gasteiger partial charge in [0.25, 0.3) is 5.91 Å². The molecule has 0 saturated carbocycles. The molecule has 0 radical (unpaired) electrons. The van der Waals surface area contributed by atoms with E-state index in [9.17, 15) is 14.7 Å². The Balaban J connectivity index is 0.000000222. The summed E-state index contributed by atoms with van der Waals surface area (Å²) in [4.78, 5) is 32.9. The number of hydrogen-bond donors (Lipinski definition) is 2. The van der Waals surface area contributed by atoms with E-state index in [2.05, 4.69) is 44.1 Å². The summed E-state index contributed by atoms with van der Waals surface area (Å²) in [6.45, 7) is 8.82. The second-order valence-corrected chi connectivity index (χ2v) is 14.7. The van der Waals surface area contributed by atoms with Gasteiger partial charge < -0.3 is 50.0 Å². The van der Waals surface area contributed by atoms with Crippen molar-refractivity contribution in [3.8, 4) is 11.5 Å². The van der Waals surface area contributed by atoms with Crippen molar-refractivity contribution in [2.45, 2.75) is 20.5 Å². The molecular weight excluding hydrogens is 768 g/mol. The van der Waals surface area contributed by atoms with Crippen LogP contribution in [0.5, 0.6) is 11.5 Å². The number of hydrogen-bond acceptors (Lipinski definition) is 12. The molecule has 61 heavy (non-hydrogen) atoms. The first kappa shape index (κ1) is 48.1. The predicted octanol–water partition coefficient (Wildman–Crippen LogP) is 0.746. The molecule has 2 aliphatic rings. The average Bonchev–Trinajstić information content (AvgIpc) is 3.78. The number of carboxylic acid groups (broad SMARTS) is 1. The van der Waals surface area contributed by atoms with Gasteiger partial charge in [-0.2, -0.15) is 10.2 Å². The van der Waals surface area contributed by atoms with Gasteiger partial charge in [-0.15, -0.1) is 0 Å². The smallest absolute Gasteiger partial charge is 0.545 e. The zero-order chi connectivity index (χ0) is 42.1. The van der Waals surface area contributed by atoms with Crippen molar-refractivity contribution >= 4 is 45.3 Å². The van der Waals surface area contributed by atoms with Crippen LogP contribution < -0.4 is 54.3 Å². The first-order valence-electron chi connectivity index (χ1n) is 19.7. The number of anilines is 2. The number of carbonyl (C=O) groups is 2. The number of nitrogens with two attached hydrogens (primary N) is 1. The van der Waals surface area contributed by atoms with Crippen LogP contribution in [0.4, 0.5) is 11.6 Å². The zero-order valence-corrected chi connectivity index (χ0v) is 35.9. The molecule has 2 fully saturated rings. The second kappa shape index (κ2) is 22.3. The number of methoxy groups -OCH3 is 2. The Bertz CT molecular complexity index is 2340. The number of aromatic carboxylic acids is 1. The Labute approximate surface area is 371 Å². The fraction of sp³-hybridized carbons (Fsp3) is 0.378. The number of carboxylic acids is 1. The summed E-state index contributed by atoms with van der Waals surface area (Å²) in [5.41, 5.74) is 10.0. The SMILES string of the molecule is C.CN1CCN(c2nn(C)c3cc(C(=O)[O-])ccc23)CC1.COc1ccccc1CN.COc1ccccc1CNC(=O)c1ccc2c(N3CCN(C)CC3)nn(C)c2c1.[Li+]. The van der Waals surface area contributed by atoms with Crippen LogP contribution in [0.25, 0.3) is 21.8 Å². The summed E-state index contributed by atoms with van der Waals surface area (Å²) in [5, 5.41) is 25.3. The van der Waals surface area contributed by atoms with E-state index in [1.807, 2.05) is 91.6 Å². The molecule has 0 unspecified atom stereocenters. The van der Waals surface area contributed by atoms with Crippen molar-refractivity contribution in [3.63, 3.8) is 0 Å². The minimum atomic E-state index is -1.16. The summed E-state index contributed by atoms with van der Waals surface area (Å²) in [6, 6.07) is 26.3. The van der Waals surface area contributed by atoms with E-state index in [0.29, 0.717) is 18.7 Å². The molecule has 0 spiro atoms. The molecule has 320 valence electrons. The number of aromatic nitrogens is 4. The summed E-state index contributed by atoms with van der Waals surface area (Å²) in [5.74, 6) is 2.29. The normalized spacial score (nSPS) is 14.1. The Morgan fingerprint density at radius 1 is 0.656 bits per heavy atom. The van der Waals surface area contributed by atoms with Gasteiger partial charge in [-0.25, -0.2) is 0 Å². The van der Waals surface area contributed by atoms with Gasteiger partial charge >= 0.3 is 18.9 Å². The third-order valence-electron chi connectivity index (χ3n) is 10.8. The molecule has 0 atom stereocenters. The first-order chi connectivity index (χ1) is 28.5. The van der Waals surface area contributed by atoms with E-state index in [4.69, 9.17) is 20.3 Å². The molecule has 2 saturated heterocycles. The van der Waals surface area contributed by atoms with Crippen molar-refractivity contribution in [2.75, 3.05) is 90.5 Å². The van der Waals surface area contributed by atoms with Crippen molar-refractivity contribution in [2.24, 2.45) is 19.8 Å². The third-order valence-corrected chi connectivity index (χ3v) is 10.8. The molecule has 8 rings (SSSR count). The number of piperazine rings is 2. The van der Waals surface area contributed by atoms with Gasteiger partial charge in [0.1, 0.15) is 11.5 Å². The quantitative estimate of drug-likeness (QED) is 0.197. The molecule has 4 aromatic carbocycles. The topological polar surface area (TPSA) is 162 Å². The molecule has 15 nitrogen and oxygen atoms in total. The van der Waals surface area contributed by atoms with E-state index in [-0.39, 0.29) is 37.8 Å². The van der Waals surface area contributed by atoms with Crippen LogP contribution in [-0.4, -0.2) is 122 Å². The van der Waals surface area contributed by atoms with Crippen molar-refractivity contribution in [1.29, 1.82) is 0 Å². The maximum atomic E-state index is 12.7. The minimum absolute atomic E-state index is 0. The summed E-state index contributed by atoms with van der Waals surface area (Å²) < 4.78 is 14.0. The van der Waals surface area contributed by atoms with Crippen LogP contribution in [0.2, 0.25) is 0 Å². The number of ether oxygens (including phenoxy) is 2. The molecular formula is C45H59LiN10O5. The van der Waals surface area contributed by atoms with Crippen LogP contribution in [0.1, 0.15) is 39.3 Å². The predicted molar refractivity (Wildman–Crippen MR) is 237 cm³/mol. The van der Waals surface area contributed by atoms with Gasteiger partial charge in [-0.05, 0) is 62.1 Å². The Kier molecular flexibility index (Phi) is 17.6. The van der Waals surface area contributed by atoms with E-state index in [0.717, 1.165) is 108 Å². The van der Waals surface area contributed by atoms with E-state index >= 15 is 0 Å². The molecule has 16 heteroatoms. The molecule has 2 aromatic heterocycles. The van der Waals surface area contributed by atoms with E-state index in [1.165, 1.54) is 0 Å². The molecule has 2 aliphatic heterocycles. The number of fused-ring (bicyclic) bond motifs is 2. The van der Waals surface area contributed by atoms with Gasteiger partial charge in [-0.3, -0.25) is 14.2 Å². The number of para-hydroxylation sites is 2. The average molecular weight is 827 g/mol. The maximum absolute atomic E-state index is 12.7. The van der Waals surface area contributed by atoms with Gasteiger partial charge in [0.2, 0.25) is 0 Å². The fourth-order valence-electron chi connectivity index (χ4n) is 7.25. The van der Waals surface area contributed by atoms with Gasteiger partial charge in [-0.1, -0.05) is 49.9 Å². The summed E-state index contributed by atoms with van der Waals surface area (Å²) >= 11 is 0. The second-order valence-electron chi connectivity index (χ2n) is 14.7. The fourth-order valence-corrected chi connectivity index (χ4v) is 7.25. The standard InChI is InChI=1S/C22H27N5O2.C14H18N4O2.C8H11NO.CH4.Li/c1-25-10-12-27(13-11-25)21-18-9-8-16(14-19(18)26(2)24-21)22(28)23-15-17-6-4-5-7-20(17)29-3;1-16-5-7-18(8-6-16)13-11-4-3-10(14(19)20)9-12(11)17(2)15-13;1-10-8-5-3-2-4-7(8)6-9;;/h4-9,14H,10-13,15H2,1-3H3,(H,23,28);3-4,9H,5-8H2,1-2H3,(H,19,20);2-5H,6,9H2,1H3;1H4;/q;;;;+1/p-1. The summed E-state index contributed by atoms with van der Waals surface area (Å²) in [6.07, 6.45) is 0. The summed E-state index contributed by atoms with van der Waals surface area (Å²) in [7, 11) is 11.3. The Morgan fingerprint density at radius 3 is 1.52 bits per heavy atom. The Hall–Kier alpha value is -5.56. The monoisotopic (exact) mass is 826 g/mol. The molecule has 3 N–H and O–H groups in total. The van der Waals surface area contributed by atoms with Crippen molar-refractivity contribution in [1.82, 2.24) is 34.7 Å². The largest absolute Gasteiger partial charge is 1.00 e. The zero-order valence-electron chi connectivity index (χ0n) is 35.9. The van der Waals surface area contributed by atoms with Crippen molar-refractivity contribution in [3.05, 3.63) is 107 Å². The number of nitrogens with one attached hydrogen (secondary N) is 1. The van der Waals surface area contributed by atoms with Crippen LogP contribution in [0.3, 0.4) is 0 Å². The van der Waals surface area contributed by atoms with Gasteiger partial charge in [0.15, 0.2) is 11.6 Å². The van der Waals surface area contributed by atoms with E-state index in [1.54, 1.807) is 31.0 Å². The molecule has 4 heterocycles. The van der Waals surface area contributed by atoms with Gasteiger partial charge in [0.05, 0.1) is 31.2 Å². The van der Waals surface area contributed by atoms with Crippen LogP contribution in [-0.2, 0) is 27.2 Å². The number of nitrogens with zero attached hydrogens (tertiary/aromatic N) is 8. The molecule has 6 aromatic rings. The number of rotatable bonds is 9. The third kappa shape index (κ3) is 11.6. The number of aryl methyl sites for hydroxylation is 2. The van der Waals surface area contributed by atoms with Crippen LogP contribution in [0, 0.1) is 0 Å². The number of benzene rings is 4. The molecule has 1 amide bonds. The number of likely N-dealkylation sites (N-methyl/N-ethyl adjacent to an activating group) is 2. The van der Waals surface area contributed by atoms with Crippen molar-refractivity contribution < 1.29 is 43.0 Å². The first-order valence-corrected chi connectivity index (χ1v) is 19.7. The van der Waals surface area contributed by atoms with Gasteiger partial charge in [0, 0.05) is 107 Å².